The van der Waals surface area contributed by atoms with Crippen molar-refractivity contribution in [1.82, 2.24) is 0 Å². The Morgan fingerprint density at radius 1 is 1.00 bits per heavy atom. The van der Waals surface area contributed by atoms with Gasteiger partial charge in [0.15, 0.2) is 5.82 Å². The molecular weight excluding hydrogens is 291 g/mol. The lowest BCUT2D eigenvalue weighted by Gasteiger charge is -2.11. The van der Waals surface area contributed by atoms with Crippen LogP contribution in [0.5, 0.6) is 0 Å². The molecule has 0 aliphatic carbocycles. The van der Waals surface area contributed by atoms with Crippen LogP contribution in [-0.4, -0.2) is 0 Å². The summed E-state index contributed by atoms with van der Waals surface area (Å²) in [4.78, 5) is 0. The topological polar surface area (TPSA) is 38.0 Å². The first-order valence-electron chi connectivity index (χ1n) is 5.92. The lowest BCUT2D eigenvalue weighted by atomic mass is 10.1. The molecule has 0 amide bonds. The Labute approximate surface area is 117 Å². The number of nitrogens with one attached hydrogen (secondary N) is 1. The molecule has 2 rings (SSSR count). The zero-order valence-corrected chi connectivity index (χ0v) is 10.6. The van der Waals surface area contributed by atoms with E-state index in [1.54, 1.807) is 0 Å². The second-order valence-electron chi connectivity index (χ2n) is 4.40. The van der Waals surface area contributed by atoms with E-state index in [1.807, 2.05) is 0 Å². The summed E-state index contributed by atoms with van der Waals surface area (Å²) in [6, 6.07) is 6.10. The molecule has 2 nitrogen and oxygen atoms in total. The predicted molar refractivity (Wildman–Crippen MR) is 69.5 cm³/mol. The van der Waals surface area contributed by atoms with Gasteiger partial charge in [0, 0.05) is 12.6 Å². The number of alkyl halides is 3. The summed E-state index contributed by atoms with van der Waals surface area (Å²) in [7, 11) is 0. The normalized spacial score (nSPS) is 11.5. The van der Waals surface area contributed by atoms with Crippen LogP contribution in [0.3, 0.4) is 0 Å². The number of hydrogen-bond acceptors (Lipinski definition) is 2. The molecule has 0 radical (unpaired) electrons. The minimum absolute atomic E-state index is 0.0485. The molecule has 0 saturated heterocycles. The highest BCUT2D eigenvalue weighted by atomic mass is 19.4. The lowest BCUT2D eigenvalue weighted by molar-refractivity contribution is -0.137. The molecule has 7 heteroatoms. The van der Waals surface area contributed by atoms with Crippen LogP contribution in [0.25, 0.3) is 0 Å². The molecule has 2 aromatic carbocycles. The summed E-state index contributed by atoms with van der Waals surface area (Å²) < 4.78 is 63.5. The van der Waals surface area contributed by atoms with E-state index < -0.39 is 23.4 Å². The van der Waals surface area contributed by atoms with E-state index in [-0.39, 0.29) is 17.9 Å². The maximum atomic E-state index is 13.2. The smallest absolute Gasteiger partial charge is 0.395 e. The van der Waals surface area contributed by atoms with E-state index in [2.05, 4.69) is 5.32 Å². The number of nitrogens with two attached hydrogens (primary N) is 1. The SMILES string of the molecule is Nc1c(F)cc(F)cc1NCc1ccc(C(F)(F)F)cc1. The molecule has 0 spiro atoms. The van der Waals surface area contributed by atoms with Crippen molar-refractivity contribution in [3.05, 3.63) is 59.2 Å². The van der Waals surface area contributed by atoms with Gasteiger partial charge in [0.25, 0.3) is 0 Å². The molecular formula is C14H11F5N2. The molecule has 0 unspecified atom stereocenters. The third kappa shape index (κ3) is 3.62. The summed E-state index contributed by atoms with van der Waals surface area (Å²) >= 11 is 0. The molecule has 0 heterocycles. The van der Waals surface area contributed by atoms with E-state index in [9.17, 15) is 22.0 Å². The average molecular weight is 302 g/mol. The molecule has 0 atom stereocenters. The summed E-state index contributed by atoms with van der Waals surface area (Å²) in [6.45, 7) is 0.0885. The third-order valence-corrected chi connectivity index (χ3v) is 2.86. The molecule has 21 heavy (non-hydrogen) atoms. The number of nitrogen functional groups attached to an aromatic ring is 1. The number of hydrogen-bond donors (Lipinski definition) is 2. The van der Waals surface area contributed by atoms with Crippen molar-refractivity contribution in [3.8, 4) is 0 Å². The lowest BCUT2D eigenvalue weighted by Crippen LogP contribution is -2.07. The Bertz CT molecular complexity index is 635. The predicted octanol–water partition coefficient (Wildman–Crippen LogP) is 4.18. The Balaban J connectivity index is 2.10. The fraction of sp³-hybridized carbons (Fsp3) is 0.143. The first kappa shape index (κ1) is 15.1. The van der Waals surface area contributed by atoms with Gasteiger partial charge >= 0.3 is 6.18 Å². The number of anilines is 2. The van der Waals surface area contributed by atoms with Gasteiger partial charge in [-0.05, 0) is 23.8 Å². The maximum Gasteiger partial charge on any atom is 0.416 e. The third-order valence-electron chi connectivity index (χ3n) is 2.86. The average Bonchev–Trinajstić information content (AvgIpc) is 2.40. The van der Waals surface area contributed by atoms with Gasteiger partial charge in [0.05, 0.1) is 16.9 Å². The monoisotopic (exact) mass is 302 g/mol. The molecule has 112 valence electrons. The Hall–Kier alpha value is -2.31. The van der Waals surface area contributed by atoms with Gasteiger partial charge in [-0.25, -0.2) is 8.78 Å². The number of benzene rings is 2. The summed E-state index contributed by atoms with van der Waals surface area (Å²) in [5.74, 6) is -1.69. The Morgan fingerprint density at radius 3 is 2.19 bits per heavy atom. The van der Waals surface area contributed by atoms with Crippen molar-refractivity contribution in [1.29, 1.82) is 0 Å². The van der Waals surface area contributed by atoms with Crippen LogP contribution in [0.4, 0.5) is 33.3 Å². The van der Waals surface area contributed by atoms with Crippen molar-refractivity contribution < 1.29 is 22.0 Å². The van der Waals surface area contributed by atoms with Gasteiger partial charge in [-0.15, -0.1) is 0 Å². The number of halogens is 5. The van der Waals surface area contributed by atoms with Crippen molar-refractivity contribution in [2.75, 3.05) is 11.1 Å². The Morgan fingerprint density at radius 2 is 1.62 bits per heavy atom. The van der Waals surface area contributed by atoms with Crippen LogP contribution in [0.1, 0.15) is 11.1 Å². The van der Waals surface area contributed by atoms with Crippen molar-refractivity contribution in [2.45, 2.75) is 12.7 Å². The molecule has 0 aromatic heterocycles. The quantitative estimate of drug-likeness (QED) is 0.659. The maximum absolute atomic E-state index is 13.2. The van der Waals surface area contributed by atoms with Gasteiger partial charge in [0.1, 0.15) is 5.82 Å². The van der Waals surface area contributed by atoms with Crippen molar-refractivity contribution in [3.63, 3.8) is 0 Å². The molecule has 0 aliphatic rings. The molecule has 0 aliphatic heterocycles. The van der Waals surface area contributed by atoms with Gasteiger partial charge in [-0.1, -0.05) is 12.1 Å². The van der Waals surface area contributed by atoms with Gasteiger partial charge in [-0.2, -0.15) is 13.2 Å². The molecule has 3 N–H and O–H groups in total. The minimum Gasteiger partial charge on any atom is -0.395 e. The Kier molecular flexibility index (Phi) is 4.02. The summed E-state index contributed by atoms with van der Waals surface area (Å²) in [5, 5.41) is 2.68. The zero-order valence-electron chi connectivity index (χ0n) is 10.6. The van der Waals surface area contributed by atoms with E-state index in [0.29, 0.717) is 11.6 Å². The minimum atomic E-state index is -4.40. The van der Waals surface area contributed by atoms with E-state index >= 15 is 0 Å². The van der Waals surface area contributed by atoms with E-state index in [4.69, 9.17) is 5.73 Å². The van der Waals surface area contributed by atoms with Crippen LogP contribution >= 0.6 is 0 Å². The fourth-order valence-electron chi connectivity index (χ4n) is 1.74. The molecule has 0 saturated carbocycles. The van der Waals surface area contributed by atoms with Gasteiger partial charge in [0.2, 0.25) is 0 Å². The van der Waals surface area contributed by atoms with Gasteiger partial charge in [-0.3, -0.25) is 0 Å². The first-order chi connectivity index (χ1) is 9.77. The van der Waals surface area contributed by atoms with Crippen molar-refractivity contribution >= 4 is 11.4 Å². The zero-order chi connectivity index (χ0) is 15.6. The highest BCUT2D eigenvalue weighted by molar-refractivity contribution is 5.66. The standard InChI is InChI=1S/C14H11F5N2/c15-10-5-11(16)13(20)12(6-10)21-7-8-1-3-9(4-2-8)14(17,18)19/h1-6,21H,7,20H2. The molecule has 0 fully saturated rings. The highest BCUT2D eigenvalue weighted by Crippen LogP contribution is 2.29. The summed E-state index contributed by atoms with van der Waals surface area (Å²) in [5.41, 5.74) is 5.00. The highest BCUT2D eigenvalue weighted by Gasteiger charge is 2.29. The molecule has 2 aromatic rings. The van der Waals surface area contributed by atoms with E-state index in [0.717, 1.165) is 18.2 Å². The van der Waals surface area contributed by atoms with Crippen LogP contribution in [0.2, 0.25) is 0 Å². The second kappa shape index (κ2) is 5.59. The van der Waals surface area contributed by atoms with Crippen LogP contribution in [0.15, 0.2) is 36.4 Å². The molecule has 0 bridgehead atoms. The fourth-order valence-corrected chi connectivity index (χ4v) is 1.74. The van der Waals surface area contributed by atoms with Crippen LogP contribution in [-0.2, 0) is 12.7 Å². The number of rotatable bonds is 3. The largest absolute Gasteiger partial charge is 0.416 e. The summed E-state index contributed by atoms with van der Waals surface area (Å²) in [6.07, 6.45) is -4.40. The van der Waals surface area contributed by atoms with Crippen LogP contribution in [0, 0.1) is 11.6 Å². The van der Waals surface area contributed by atoms with Crippen LogP contribution < -0.4 is 11.1 Å². The second-order valence-corrected chi connectivity index (χ2v) is 4.40. The van der Waals surface area contributed by atoms with E-state index in [1.165, 1.54) is 12.1 Å². The van der Waals surface area contributed by atoms with Gasteiger partial charge < -0.3 is 11.1 Å². The first-order valence-corrected chi connectivity index (χ1v) is 5.92. The van der Waals surface area contributed by atoms with Crippen molar-refractivity contribution in [2.24, 2.45) is 0 Å².